The van der Waals surface area contributed by atoms with Crippen LogP contribution in [0.2, 0.25) is 0 Å². The minimum Gasteiger partial charge on any atom is -0.475 e. The molecular formula is C6H8O6. The maximum absolute atomic E-state index is 10.4. The fraction of sp³-hybridized carbons (Fsp3) is 0.500. The van der Waals surface area contributed by atoms with Gasteiger partial charge in [0.1, 0.15) is 12.7 Å². The topological polar surface area (TPSA) is 112 Å². The van der Waals surface area contributed by atoms with Gasteiger partial charge in [0, 0.05) is 0 Å². The molecule has 0 aromatic carbocycles. The van der Waals surface area contributed by atoms with E-state index in [-0.39, 0.29) is 0 Å². The minimum atomic E-state index is -1.72. The van der Waals surface area contributed by atoms with E-state index in [1.807, 2.05) is 0 Å². The molecular weight excluding hydrogens is 168 g/mol. The highest BCUT2D eigenvalue weighted by molar-refractivity contribution is 6.33. The number of ketones is 2. The highest BCUT2D eigenvalue weighted by atomic mass is 16.4. The highest BCUT2D eigenvalue weighted by Crippen LogP contribution is 1.94. The number of hydrogen-bond acceptors (Lipinski definition) is 5. The molecule has 0 saturated carbocycles. The van der Waals surface area contributed by atoms with Crippen molar-refractivity contribution in [3.05, 3.63) is 0 Å². The first-order chi connectivity index (χ1) is 5.49. The van der Waals surface area contributed by atoms with Crippen molar-refractivity contribution in [2.75, 3.05) is 6.61 Å². The molecule has 0 saturated heterocycles. The molecule has 0 aromatic heterocycles. The molecule has 0 spiro atoms. The van der Waals surface area contributed by atoms with Crippen LogP contribution in [0.1, 0.15) is 6.42 Å². The third-order valence-electron chi connectivity index (χ3n) is 1.14. The van der Waals surface area contributed by atoms with Crippen LogP contribution in [0, 0.1) is 0 Å². The molecule has 1 unspecified atom stereocenters. The Morgan fingerprint density at radius 2 is 1.75 bits per heavy atom. The van der Waals surface area contributed by atoms with Gasteiger partial charge in [-0.2, -0.15) is 0 Å². The van der Waals surface area contributed by atoms with Crippen molar-refractivity contribution in [1.29, 1.82) is 0 Å². The van der Waals surface area contributed by atoms with Crippen LogP contribution in [0.4, 0.5) is 0 Å². The molecule has 1 atom stereocenters. The third kappa shape index (κ3) is 3.22. The van der Waals surface area contributed by atoms with Crippen molar-refractivity contribution in [3.8, 4) is 0 Å². The summed E-state index contributed by atoms with van der Waals surface area (Å²) in [7, 11) is 0. The van der Waals surface area contributed by atoms with Gasteiger partial charge in [-0.15, -0.1) is 0 Å². The van der Waals surface area contributed by atoms with Gasteiger partial charge in [0.25, 0.3) is 0 Å². The van der Waals surface area contributed by atoms with Crippen LogP contribution in [-0.2, 0) is 14.4 Å². The largest absolute Gasteiger partial charge is 0.475 e. The van der Waals surface area contributed by atoms with E-state index in [1.165, 1.54) is 0 Å². The summed E-state index contributed by atoms with van der Waals surface area (Å²) in [5.41, 5.74) is 0. The van der Waals surface area contributed by atoms with E-state index in [0.29, 0.717) is 0 Å². The summed E-state index contributed by atoms with van der Waals surface area (Å²) in [6, 6.07) is 0. The van der Waals surface area contributed by atoms with Crippen molar-refractivity contribution >= 4 is 17.5 Å². The normalized spacial score (nSPS) is 12.2. The summed E-state index contributed by atoms with van der Waals surface area (Å²) in [6.07, 6.45) is -2.52. The molecule has 3 N–H and O–H groups in total. The average Bonchev–Trinajstić information content (AvgIpc) is 2.02. The standard InChI is InChI=1S/C6H8O6/c7-2-5(10)3(8)1-4(9)6(11)12/h3,7-8H,1-2H2,(H,11,12). The minimum absolute atomic E-state index is 0.797. The molecule has 0 radical (unpaired) electrons. The van der Waals surface area contributed by atoms with E-state index in [4.69, 9.17) is 15.3 Å². The van der Waals surface area contributed by atoms with Gasteiger partial charge in [0.05, 0.1) is 6.42 Å². The van der Waals surface area contributed by atoms with Crippen LogP contribution in [0.15, 0.2) is 0 Å². The lowest BCUT2D eigenvalue weighted by Gasteiger charge is -2.03. The summed E-state index contributed by atoms with van der Waals surface area (Å²) in [4.78, 5) is 30.7. The number of carboxylic acids is 1. The molecule has 0 bridgehead atoms. The molecule has 6 nitrogen and oxygen atoms in total. The molecule has 6 heteroatoms. The van der Waals surface area contributed by atoms with E-state index < -0.39 is 36.7 Å². The Labute approximate surface area is 67.4 Å². The summed E-state index contributed by atoms with van der Waals surface area (Å²) < 4.78 is 0. The molecule has 68 valence electrons. The summed E-state index contributed by atoms with van der Waals surface area (Å²) in [6.45, 7) is -0.909. The molecule has 0 rings (SSSR count). The highest BCUT2D eigenvalue weighted by Gasteiger charge is 2.21. The van der Waals surface area contributed by atoms with E-state index in [1.54, 1.807) is 0 Å². The van der Waals surface area contributed by atoms with Crippen LogP contribution in [-0.4, -0.2) is 45.6 Å². The summed E-state index contributed by atoms with van der Waals surface area (Å²) >= 11 is 0. The predicted octanol–water partition coefficient (Wildman–Crippen LogP) is -2.05. The predicted molar refractivity (Wildman–Crippen MR) is 35.4 cm³/mol. The first-order valence-corrected chi connectivity index (χ1v) is 3.06. The molecule has 0 aromatic rings. The second-order valence-corrected chi connectivity index (χ2v) is 2.07. The fourth-order valence-electron chi connectivity index (χ4n) is 0.482. The first-order valence-electron chi connectivity index (χ1n) is 3.06. The fourth-order valence-corrected chi connectivity index (χ4v) is 0.482. The van der Waals surface area contributed by atoms with Crippen LogP contribution in [0.3, 0.4) is 0 Å². The maximum atomic E-state index is 10.4. The number of hydrogen-bond donors (Lipinski definition) is 3. The van der Waals surface area contributed by atoms with Crippen LogP contribution < -0.4 is 0 Å². The Hall–Kier alpha value is -1.27. The van der Waals surface area contributed by atoms with Crippen molar-refractivity contribution in [2.24, 2.45) is 0 Å². The van der Waals surface area contributed by atoms with Crippen LogP contribution in [0.5, 0.6) is 0 Å². The molecule has 0 heterocycles. The first kappa shape index (κ1) is 10.7. The number of aliphatic hydroxyl groups excluding tert-OH is 2. The number of rotatable bonds is 5. The number of carboxylic acid groups (broad SMARTS) is 1. The molecule has 0 amide bonds. The Morgan fingerprint density at radius 1 is 1.25 bits per heavy atom. The second-order valence-electron chi connectivity index (χ2n) is 2.07. The van der Waals surface area contributed by atoms with Gasteiger partial charge in [-0.25, -0.2) is 4.79 Å². The zero-order valence-electron chi connectivity index (χ0n) is 6.06. The Balaban J connectivity index is 4.01. The molecule has 0 aliphatic carbocycles. The SMILES string of the molecule is O=C(O)C(=O)CC(O)C(=O)CO. The van der Waals surface area contributed by atoms with Gasteiger partial charge in [-0.05, 0) is 0 Å². The molecule has 12 heavy (non-hydrogen) atoms. The zero-order valence-corrected chi connectivity index (χ0v) is 6.06. The van der Waals surface area contributed by atoms with E-state index in [0.717, 1.165) is 0 Å². The van der Waals surface area contributed by atoms with Gasteiger partial charge in [0.2, 0.25) is 5.78 Å². The average molecular weight is 176 g/mol. The monoisotopic (exact) mass is 176 g/mol. The lowest BCUT2D eigenvalue weighted by atomic mass is 10.1. The Morgan fingerprint density at radius 3 is 2.08 bits per heavy atom. The van der Waals surface area contributed by atoms with Gasteiger partial charge in [-0.1, -0.05) is 0 Å². The van der Waals surface area contributed by atoms with Gasteiger partial charge < -0.3 is 15.3 Å². The van der Waals surface area contributed by atoms with E-state index in [2.05, 4.69) is 0 Å². The molecule has 0 fully saturated rings. The quantitative estimate of drug-likeness (QED) is 0.416. The molecule has 0 aliphatic heterocycles. The maximum Gasteiger partial charge on any atom is 0.372 e. The lowest BCUT2D eigenvalue weighted by Crippen LogP contribution is -2.29. The Bertz CT molecular complexity index is 208. The Kier molecular flexibility index (Phi) is 4.09. The van der Waals surface area contributed by atoms with Gasteiger partial charge in [0.15, 0.2) is 5.78 Å². The van der Waals surface area contributed by atoms with Crippen LogP contribution in [0.25, 0.3) is 0 Å². The lowest BCUT2D eigenvalue weighted by molar-refractivity contribution is -0.150. The number of Topliss-reactive ketones (excluding diaryl/α,β-unsaturated/α-hetero) is 2. The number of aliphatic hydroxyl groups is 2. The zero-order chi connectivity index (χ0) is 9.72. The summed E-state index contributed by atoms with van der Waals surface area (Å²) in [5.74, 6) is -3.94. The smallest absolute Gasteiger partial charge is 0.372 e. The number of carbonyl (C=O) groups excluding carboxylic acids is 2. The van der Waals surface area contributed by atoms with Crippen molar-refractivity contribution in [2.45, 2.75) is 12.5 Å². The van der Waals surface area contributed by atoms with Gasteiger partial charge >= 0.3 is 5.97 Å². The van der Waals surface area contributed by atoms with Crippen molar-refractivity contribution in [3.63, 3.8) is 0 Å². The van der Waals surface area contributed by atoms with Crippen molar-refractivity contribution < 1.29 is 29.7 Å². The number of aliphatic carboxylic acids is 1. The third-order valence-corrected chi connectivity index (χ3v) is 1.14. The van der Waals surface area contributed by atoms with Crippen LogP contribution >= 0.6 is 0 Å². The van der Waals surface area contributed by atoms with E-state index in [9.17, 15) is 14.4 Å². The van der Waals surface area contributed by atoms with Gasteiger partial charge in [-0.3, -0.25) is 9.59 Å². The van der Waals surface area contributed by atoms with Crippen molar-refractivity contribution in [1.82, 2.24) is 0 Å². The number of carbonyl (C=O) groups is 3. The second kappa shape index (κ2) is 4.58. The van der Waals surface area contributed by atoms with E-state index >= 15 is 0 Å². The molecule has 0 aliphatic rings. The summed E-state index contributed by atoms with van der Waals surface area (Å²) in [5, 5.41) is 25.0.